The van der Waals surface area contributed by atoms with Gasteiger partial charge in [0.1, 0.15) is 0 Å². The maximum Gasteiger partial charge on any atom is 0.0762 e. The van der Waals surface area contributed by atoms with Gasteiger partial charge in [0.15, 0.2) is 0 Å². The third-order valence-corrected chi connectivity index (χ3v) is 4.00. The van der Waals surface area contributed by atoms with Crippen molar-refractivity contribution in [3.8, 4) is 0 Å². The smallest absolute Gasteiger partial charge is 0.0762 e. The van der Waals surface area contributed by atoms with Gasteiger partial charge in [-0.25, -0.2) is 0 Å². The fourth-order valence-corrected chi connectivity index (χ4v) is 2.90. The first-order chi connectivity index (χ1) is 8.58. The van der Waals surface area contributed by atoms with E-state index < -0.39 is 6.10 Å². The van der Waals surface area contributed by atoms with Crippen LogP contribution in [0.4, 0.5) is 5.69 Å². The molecular formula is C14H16ClNOS. The summed E-state index contributed by atoms with van der Waals surface area (Å²) in [7, 11) is 2.02. The molecule has 0 spiro atoms. The molecule has 1 aromatic carbocycles. The summed E-state index contributed by atoms with van der Waals surface area (Å²) in [5.74, 6) is 0. The summed E-state index contributed by atoms with van der Waals surface area (Å²) in [4.78, 5) is 3.41. The van der Waals surface area contributed by atoms with Crippen molar-refractivity contribution >= 4 is 28.6 Å². The molecule has 4 heteroatoms. The van der Waals surface area contributed by atoms with E-state index in [1.54, 1.807) is 18.3 Å². The van der Waals surface area contributed by atoms with Gasteiger partial charge in [-0.2, -0.15) is 0 Å². The van der Waals surface area contributed by atoms with Crippen molar-refractivity contribution in [2.24, 2.45) is 0 Å². The Bertz CT molecular complexity index is 511. The molecule has 0 saturated carbocycles. The van der Waals surface area contributed by atoms with Gasteiger partial charge in [-0.15, -0.1) is 11.3 Å². The van der Waals surface area contributed by atoms with E-state index in [4.69, 9.17) is 11.6 Å². The normalized spacial score (nSPS) is 12.4. The summed E-state index contributed by atoms with van der Waals surface area (Å²) in [6.45, 7) is 2.58. The zero-order valence-corrected chi connectivity index (χ0v) is 12.0. The SMILES string of the molecule is C[C@H](O)c1ccc(N(C)Cc2cccs2)c(Cl)c1. The minimum Gasteiger partial charge on any atom is -0.389 e. The molecule has 0 fully saturated rings. The topological polar surface area (TPSA) is 23.5 Å². The van der Waals surface area contributed by atoms with E-state index in [1.807, 2.05) is 31.3 Å². The van der Waals surface area contributed by atoms with Gasteiger partial charge in [-0.05, 0) is 36.1 Å². The lowest BCUT2D eigenvalue weighted by Crippen LogP contribution is -2.16. The summed E-state index contributed by atoms with van der Waals surface area (Å²) < 4.78 is 0. The Kier molecular flexibility index (Phi) is 4.27. The molecule has 1 N–H and O–H groups in total. The minimum absolute atomic E-state index is 0.487. The number of thiophene rings is 1. The highest BCUT2D eigenvalue weighted by molar-refractivity contribution is 7.09. The molecule has 2 aromatic rings. The molecule has 0 aliphatic carbocycles. The molecule has 0 aliphatic heterocycles. The van der Waals surface area contributed by atoms with Crippen LogP contribution in [0.25, 0.3) is 0 Å². The molecule has 2 nitrogen and oxygen atoms in total. The average molecular weight is 282 g/mol. The number of benzene rings is 1. The number of hydrogen-bond donors (Lipinski definition) is 1. The van der Waals surface area contributed by atoms with E-state index >= 15 is 0 Å². The van der Waals surface area contributed by atoms with Crippen LogP contribution in [0.15, 0.2) is 35.7 Å². The van der Waals surface area contributed by atoms with Crippen LogP contribution in [-0.2, 0) is 6.54 Å². The maximum absolute atomic E-state index is 9.51. The number of halogens is 1. The molecular weight excluding hydrogens is 266 g/mol. The molecule has 1 aromatic heterocycles. The number of aliphatic hydroxyl groups excluding tert-OH is 1. The summed E-state index contributed by atoms with van der Waals surface area (Å²) in [5, 5.41) is 12.3. The Labute approximate surface area is 116 Å². The van der Waals surface area contributed by atoms with Crippen LogP contribution in [0, 0.1) is 0 Å². The van der Waals surface area contributed by atoms with E-state index in [9.17, 15) is 5.11 Å². The molecule has 18 heavy (non-hydrogen) atoms. The third-order valence-electron chi connectivity index (χ3n) is 2.84. The van der Waals surface area contributed by atoms with Crippen molar-refractivity contribution in [2.75, 3.05) is 11.9 Å². The minimum atomic E-state index is -0.487. The predicted octanol–water partition coefficient (Wildman–Crippen LogP) is 4.09. The molecule has 2 rings (SSSR count). The van der Waals surface area contributed by atoms with Crippen LogP contribution in [0.1, 0.15) is 23.5 Å². The van der Waals surface area contributed by atoms with Crippen molar-refractivity contribution in [1.82, 2.24) is 0 Å². The van der Waals surface area contributed by atoms with Crippen LogP contribution >= 0.6 is 22.9 Å². The third kappa shape index (κ3) is 3.05. The summed E-state index contributed by atoms with van der Waals surface area (Å²) in [6.07, 6.45) is -0.487. The maximum atomic E-state index is 9.51. The predicted molar refractivity (Wildman–Crippen MR) is 78.5 cm³/mol. The van der Waals surface area contributed by atoms with E-state index in [2.05, 4.69) is 16.3 Å². The lowest BCUT2D eigenvalue weighted by molar-refractivity contribution is 0.199. The number of nitrogens with zero attached hydrogens (tertiary/aromatic N) is 1. The van der Waals surface area contributed by atoms with Gasteiger partial charge in [-0.3, -0.25) is 0 Å². The Morgan fingerprint density at radius 1 is 1.39 bits per heavy atom. The van der Waals surface area contributed by atoms with Gasteiger partial charge in [0.2, 0.25) is 0 Å². The second kappa shape index (κ2) is 5.74. The highest BCUT2D eigenvalue weighted by atomic mass is 35.5. The van der Waals surface area contributed by atoms with Gasteiger partial charge in [0.25, 0.3) is 0 Å². The molecule has 0 unspecified atom stereocenters. The fourth-order valence-electron chi connectivity index (χ4n) is 1.81. The van der Waals surface area contributed by atoms with Crippen LogP contribution in [0.2, 0.25) is 5.02 Å². The van der Waals surface area contributed by atoms with Crippen LogP contribution in [0.5, 0.6) is 0 Å². The summed E-state index contributed by atoms with van der Waals surface area (Å²) in [5.41, 5.74) is 1.82. The van der Waals surface area contributed by atoms with Gasteiger partial charge in [0, 0.05) is 11.9 Å². The van der Waals surface area contributed by atoms with E-state index in [-0.39, 0.29) is 0 Å². The first kappa shape index (κ1) is 13.4. The lowest BCUT2D eigenvalue weighted by atomic mass is 10.1. The first-order valence-electron chi connectivity index (χ1n) is 5.79. The van der Waals surface area contributed by atoms with Gasteiger partial charge >= 0.3 is 0 Å². The Balaban J connectivity index is 2.17. The summed E-state index contributed by atoms with van der Waals surface area (Å²) in [6, 6.07) is 9.85. The van der Waals surface area contributed by atoms with Crippen LogP contribution in [0.3, 0.4) is 0 Å². The second-order valence-corrected chi connectivity index (χ2v) is 5.76. The van der Waals surface area contributed by atoms with Crippen molar-refractivity contribution in [1.29, 1.82) is 0 Å². The molecule has 1 heterocycles. The van der Waals surface area contributed by atoms with Gasteiger partial charge < -0.3 is 10.0 Å². The quantitative estimate of drug-likeness (QED) is 0.912. The van der Waals surface area contributed by atoms with E-state index in [0.29, 0.717) is 5.02 Å². The Hall–Kier alpha value is -1.03. The Morgan fingerprint density at radius 3 is 2.72 bits per heavy atom. The molecule has 0 aliphatic rings. The molecule has 1 atom stereocenters. The zero-order valence-electron chi connectivity index (χ0n) is 10.4. The number of aliphatic hydroxyl groups is 1. The monoisotopic (exact) mass is 281 g/mol. The molecule has 0 amide bonds. The summed E-state index contributed by atoms with van der Waals surface area (Å²) >= 11 is 7.99. The number of rotatable bonds is 4. The fraction of sp³-hybridized carbons (Fsp3) is 0.286. The van der Waals surface area contributed by atoms with Gasteiger partial charge in [-0.1, -0.05) is 23.7 Å². The molecule has 0 radical (unpaired) electrons. The highest BCUT2D eigenvalue weighted by Crippen LogP contribution is 2.29. The Morgan fingerprint density at radius 2 is 2.17 bits per heavy atom. The largest absolute Gasteiger partial charge is 0.389 e. The van der Waals surface area contributed by atoms with Crippen molar-refractivity contribution < 1.29 is 5.11 Å². The van der Waals surface area contributed by atoms with E-state index in [0.717, 1.165) is 17.8 Å². The second-order valence-electron chi connectivity index (χ2n) is 4.32. The van der Waals surface area contributed by atoms with Gasteiger partial charge in [0.05, 0.1) is 23.4 Å². The molecule has 0 bridgehead atoms. The van der Waals surface area contributed by atoms with Crippen LogP contribution < -0.4 is 4.90 Å². The van der Waals surface area contributed by atoms with Crippen molar-refractivity contribution in [3.05, 3.63) is 51.2 Å². The van der Waals surface area contributed by atoms with E-state index in [1.165, 1.54) is 4.88 Å². The number of hydrogen-bond acceptors (Lipinski definition) is 3. The molecule has 96 valence electrons. The first-order valence-corrected chi connectivity index (χ1v) is 7.04. The lowest BCUT2D eigenvalue weighted by Gasteiger charge is -2.20. The number of anilines is 1. The zero-order chi connectivity index (χ0) is 13.1. The van der Waals surface area contributed by atoms with Crippen molar-refractivity contribution in [3.63, 3.8) is 0 Å². The standard InChI is InChI=1S/C14H16ClNOS/c1-10(17)11-5-6-14(13(15)8-11)16(2)9-12-4-3-7-18-12/h3-8,10,17H,9H2,1-2H3/t10-/m0/s1. The highest BCUT2D eigenvalue weighted by Gasteiger charge is 2.10. The molecule has 0 saturated heterocycles. The average Bonchev–Trinajstić information content (AvgIpc) is 2.81. The van der Waals surface area contributed by atoms with Crippen molar-refractivity contribution in [2.45, 2.75) is 19.6 Å². The van der Waals surface area contributed by atoms with Crippen LogP contribution in [-0.4, -0.2) is 12.2 Å².